The fourth-order valence-corrected chi connectivity index (χ4v) is 1.87. The van der Waals surface area contributed by atoms with Crippen LogP contribution in [0.1, 0.15) is 22.6 Å². The lowest BCUT2D eigenvalue weighted by Crippen LogP contribution is -2.29. The highest BCUT2D eigenvalue weighted by atomic mass is 35.5. The Hall–Kier alpha value is -2.20. The molecule has 0 aliphatic carbocycles. The number of nitrogens with one attached hydrogen (secondary N) is 1. The van der Waals surface area contributed by atoms with Crippen molar-refractivity contribution in [2.45, 2.75) is 12.6 Å². The molecule has 1 heterocycles. The van der Waals surface area contributed by atoms with Gasteiger partial charge in [-0.1, -0.05) is 11.3 Å². The molecule has 3 N–H and O–H groups in total. The third kappa shape index (κ3) is 4.42. The van der Waals surface area contributed by atoms with Gasteiger partial charge in [-0.2, -0.15) is 13.2 Å². The van der Waals surface area contributed by atoms with E-state index in [0.29, 0.717) is 11.1 Å². The zero-order valence-electron chi connectivity index (χ0n) is 12.2. The molecular formula is C13H14ClF4N5O. The summed E-state index contributed by atoms with van der Waals surface area (Å²) < 4.78 is 53.5. The first-order chi connectivity index (χ1) is 10.8. The van der Waals surface area contributed by atoms with Crippen LogP contribution >= 0.6 is 12.4 Å². The number of carbonyl (C=O) groups is 1. The molecule has 11 heteroatoms. The third-order valence-electron chi connectivity index (χ3n) is 2.87. The van der Waals surface area contributed by atoms with Gasteiger partial charge in [0.05, 0.1) is 5.69 Å². The van der Waals surface area contributed by atoms with Crippen LogP contribution in [0.3, 0.4) is 0 Å². The summed E-state index contributed by atoms with van der Waals surface area (Å²) in [7, 11) is 0. The molecule has 6 nitrogen and oxygen atoms in total. The molecule has 0 saturated heterocycles. The lowest BCUT2D eigenvalue weighted by atomic mass is 10.2. The first-order valence-corrected chi connectivity index (χ1v) is 6.61. The van der Waals surface area contributed by atoms with Crippen LogP contribution in [-0.4, -0.2) is 34.0 Å². The zero-order chi connectivity index (χ0) is 17.0. The Morgan fingerprint density at radius 2 is 2.04 bits per heavy atom. The van der Waals surface area contributed by atoms with Crippen molar-refractivity contribution in [3.05, 3.63) is 41.5 Å². The second kappa shape index (κ2) is 8.06. The number of nitrogens with zero attached hydrogens (tertiary/aromatic N) is 3. The molecule has 24 heavy (non-hydrogen) atoms. The van der Waals surface area contributed by atoms with Crippen LogP contribution in [0.4, 0.5) is 17.6 Å². The van der Waals surface area contributed by atoms with Crippen LogP contribution in [0, 0.1) is 5.82 Å². The van der Waals surface area contributed by atoms with Crippen molar-refractivity contribution in [3.63, 3.8) is 0 Å². The topological polar surface area (TPSA) is 85.8 Å². The van der Waals surface area contributed by atoms with Gasteiger partial charge in [0.2, 0.25) is 0 Å². The summed E-state index contributed by atoms with van der Waals surface area (Å²) in [4.78, 5) is 11.9. The minimum absolute atomic E-state index is 0. The van der Waals surface area contributed by atoms with Gasteiger partial charge < -0.3 is 11.1 Å². The van der Waals surface area contributed by atoms with E-state index in [9.17, 15) is 22.4 Å². The number of rotatable bonds is 5. The Labute approximate surface area is 140 Å². The number of carbonyl (C=O) groups excluding carboxylic acids is 1. The molecule has 0 radical (unpaired) electrons. The molecule has 1 aromatic heterocycles. The fraction of sp³-hybridized carbons (Fsp3) is 0.308. The first kappa shape index (κ1) is 19.8. The molecule has 1 aromatic carbocycles. The number of amides is 1. The van der Waals surface area contributed by atoms with Gasteiger partial charge in [-0.3, -0.25) is 4.79 Å². The molecule has 2 aromatic rings. The van der Waals surface area contributed by atoms with E-state index in [1.165, 1.54) is 12.1 Å². The summed E-state index contributed by atoms with van der Waals surface area (Å²) >= 11 is 0. The van der Waals surface area contributed by atoms with Crippen LogP contribution in [0.5, 0.6) is 0 Å². The van der Waals surface area contributed by atoms with Crippen LogP contribution in [-0.2, 0) is 6.18 Å². The number of nitrogens with two attached hydrogens (primary N) is 1. The number of aromatic nitrogens is 3. The quantitative estimate of drug-likeness (QED) is 0.624. The second-order valence-electron chi connectivity index (χ2n) is 4.57. The monoisotopic (exact) mass is 367 g/mol. The van der Waals surface area contributed by atoms with Crippen LogP contribution in [0.25, 0.3) is 5.69 Å². The molecule has 0 fully saturated rings. The Morgan fingerprint density at radius 1 is 1.33 bits per heavy atom. The summed E-state index contributed by atoms with van der Waals surface area (Å²) in [6.07, 6.45) is -4.48. The number of benzene rings is 1. The molecule has 0 atom stereocenters. The van der Waals surface area contributed by atoms with Gasteiger partial charge in [-0.25, -0.2) is 9.07 Å². The van der Waals surface area contributed by atoms with E-state index in [2.05, 4.69) is 15.6 Å². The van der Waals surface area contributed by atoms with Crippen molar-refractivity contribution < 1.29 is 22.4 Å². The zero-order valence-corrected chi connectivity index (χ0v) is 13.0. The van der Waals surface area contributed by atoms with Gasteiger partial charge >= 0.3 is 6.18 Å². The van der Waals surface area contributed by atoms with Crippen molar-refractivity contribution in [3.8, 4) is 5.69 Å². The van der Waals surface area contributed by atoms with Gasteiger partial charge in [0, 0.05) is 6.54 Å². The van der Waals surface area contributed by atoms with Crippen molar-refractivity contribution in [1.82, 2.24) is 20.3 Å². The summed E-state index contributed by atoms with van der Waals surface area (Å²) in [6, 6.07) is 4.39. The van der Waals surface area contributed by atoms with Gasteiger partial charge in [0.25, 0.3) is 5.91 Å². The van der Waals surface area contributed by atoms with Gasteiger partial charge in [-0.15, -0.1) is 17.5 Å². The summed E-state index contributed by atoms with van der Waals surface area (Å²) in [5.74, 6) is -1.76. The summed E-state index contributed by atoms with van der Waals surface area (Å²) in [5, 5.41) is 8.91. The highest BCUT2D eigenvalue weighted by Crippen LogP contribution is 2.32. The maximum atomic E-state index is 13.3. The molecule has 0 aliphatic rings. The number of halogens is 5. The molecule has 0 saturated carbocycles. The Bertz CT molecular complexity index is 704. The van der Waals surface area contributed by atoms with Crippen LogP contribution < -0.4 is 11.1 Å². The Morgan fingerprint density at radius 3 is 2.62 bits per heavy atom. The number of alkyl halides is 3. The maximum absolute atomic E-state index is 13.3. The molecule has 1 amide bonds. The fourth-order valence-electron chi connectivity index (χ4n) is 1.87. The maximum Gasteiger partial charge on any atom is 0.435 e. The molecule has 2 rings (SSSR count). The highest BCUT2D eigenvalue weighted by molar-refractivity contribution is 5.93. The first-order valence-electron chi connectivity index (χ1n) is 6.61. The van der Waals surface area contributed by atoms with E-state index in [1.54, 1.807) is 0 Å². The number of hydrogen-bond acceptors (Lipinski definition) is 4. The van der Waals surface area contributed by atoms with E-state index in [-0.39, 0.29) is 31.2 Å². The van der Waals surface area contributed by atoms with Crippen molar-refractivity contribution in [2.75, 3.05) is 13.1 Å². The predicted molar refractivity (Wildman–Crippen MR) is 79.6 cm³/mol. The normalized spacial score (nSPS) is 11.0. The van der Waals surface area contributed by atoms with Gasteiger partial charge in [0.1, 0.15) is 5.82 Å². The molecule has 0 aliphatic heterocycles. The Balaban J connectivity index is 0.00000288. The van der Waals surface area contributed by atoms with Crippen LogP contribution in [0.15, 0.2) is 24.3 Å². The molecule has 0 unspecified atom stereocenters. The standard InChI is InChI=1S/C13H13F4N5O.ClH/c14-8-3-1-4-9(7-8)22-11(13(15,16)17)10(20-21-22)12(23)19-6-2-5-18;/h1,3-4,7H,2,5-6,18H2,(H,19,23);1H. The average Bonchev–Trinajstić information content (AvgIpc) is 2.92. The third-order valence-corrected chi connectivity index (χ3v) is 2.87. The van der Waals surface area contributed by atoms with E-state index >= 15 is 0 Å². The molecular weight excluding hydrogens is 354 g/mol. The van der Waals surface area contributed by atoms with E-state index in [1.807, 2.05) is 0 Å². The van der Waals surface area contributed by atoms with E-state index in [0.717, 1.165) is 12.1 Å². The lowest BCUT2D eigenvalue weighted by Gasteiger charge is -2.11. The number of hydrogen-bond donors (Lipinski definition) is 2. The summed E-state index contributed by atoms with van der Waals surface area (Å²) in [5.41, 5.74) is 2.82. The smallest absolute Gasteiger partial charge is 0.351 e. The lowest BCUT2D eigenvalue weighted by molar-refractivity contribution is -0.143. The van der Waals surface area contributed by atoms with Crippen molar-refractivity contribution >= 4 is 18.3 Å². The molecule has 0 spiro atoms. The molecule has 0 bridgehead atoms. The average molecular weight is 368 g/mol. The van der Waals surface area contributed by atoms with Gasteiger partial charge in [0.15, 0.2) is 11.4 Å². The van der Waals surface area contributed by atoms with Crippen LogP contribution in [0.2, 0.25) is 0 Å². The van der Waals surface area contributed by atoms with Gasteiger partial charge in [-0.05, 0) is 31.2 Å². The SMILES string of the molecule is Cl.NCCCNC(=O)c1nnn(-c2cccc(F)c2)c1C(F)(F)F. The predicted octanol–water partition coefficient (Wildman–Crippen LogP) is 1.93. The highest BCUT2D eigenvalue weighted by Gasteiger charge is 2.41. The molecule has 132 valence electrons. The largest absolute Gasteiger partial charge is 0.435 e. The van der Waals surface area contributed by atoms with Crippen molar-refractivity contribution in [1.29, 1.82) is 0 Å². The second-order valence-corrected chi connectivity index (χ2v) is 4.57. The minimum Gasteiger partial charge on any atom is -0.351 e. The van der Waals surface area contributed by atoms with E-state index in [4.69, 9.17) is 5.73 Å². The Kier molecular flexibility index (Phi) is 6.67. The van der Waals surface area contributed by atoms with E-state index < -0.39 is 29.3 Å². The summed E-state index contributed by atoms with van der Waals surface area (Å²) in [6.45, 7) is 0.391. The minimum atomic E-state index is -4.89. The van der Waals surface area contributed by atoms with Crippen molar-refractivity contribution in [2.24, 2.45) is 5.73 Å².